The van der Waals surface area contributed by atoms with Gasteiger partial charge in [0.15, 0.2) is 0 Å². The third kappa shape index (κ3) is 4.42. The summed E-state index contributed by atoms with van der Waals surface area (Å²) in [6.07, 6.45) is 7.76. The average molecular weight is 603 g/mol. The summed E-state index contributed by atoms with van der Waals surface area (Å²) in [5.41, 5.74) is 15.0. The van der Waals surface area contributed by atoms with E-state index in [-0.39, 0.29) is 0 Å². The number of para-hydroxylation sites is 3. The van der Waals surface area contributed by atoms with Crippen LogP contribution in [0.1, 0.15) is 5.56 Å². The molecular formula is C43H30N4. The van der Waals surface area contributed by atoms with E-state index in [1.54, 1.807) is 0 Å². The molecule has 0 atom stereocenters. The molecule has 0 saturated heterocycles. The number of benzene rings is 6. The van der Waals surface area contributed by atoms with Gasteiger partial charge in [-0.3, -0.25) is 10.1 Å². The Hall–Kier alpha value is -6.39. The molecule has 2 N–H and O–H groups in total. The molecule has 6 aromatic carbocycles. The Balaban J connectivity index is 1.26. The van der Waals surface area contributed by atoms with Crippen molar-refractivity contribution >= 4 is 55.0 Å². The summed E-state index contributed by atoms with van der Waals surface area (Å²) in [5, 5.41) is 13.6. The molecule has 8 aromatic rings. The second-order valence-corrected chi connectivity index (χ2v) is 11.9. The first-order valence-electron chi connectivity index (χ1n) is 15.9. The van der Waals surface area contributed by atoms with Gasteiger partial charge in [0.2, 0.25) is 0 Å². The Morgan fingerprint density at radius 3 is 1.77 bits per heavy atom. The number of allylic oxidation sites excluding steroid dienone is 5. The zero-order chi connectivity index (χ0) is 31.3. The van der Waals surface area contributed by atoms with Crippen LogP contribution in [0.15, 0.2) is 175 Å². The van der Waals surface area contributed by atoms with Crippen LogP contribution in [0, 0.1) is 5.41 Å². The van der Waals surface area contributed by atoms with Crippen molar-refractivity contribution in [1.82, 2.24) is 9.24 Å². The van der Waals surface area contributed by atoms with E-state index in [1.807, 2.05) is 42.5 Å². The van der Waals surface area contributed by atoms with E-state index in [2.05, 4.69) is 142 Å². The molecule has 0 fully saturated rings. The second-order valence-electron chi connectivity index (χ2n) is 11.9. The molecule has 0 radical (unpaired) electrons. The van der Waals surface area contributed by atoms with Crippen LogP contribution in [0.3, 0.4) is 0 Å². The third-order valence-electron chi connectivity index (χ3n) is 9.18. The number of nitrogens with one attached hydrogen (secondary N) is 2. The molecule has 0 spiro atoms. The number of hydrogen-bond donors (Lipinski definition) is 2. The molecule has 0 saturated carbocycles. The van der Waals surface area contributed by atoms with Gasteiger partial charge in [-0.05, 0) is 53.6 Å². The Morgan fingerprint density at radius 2 is 1.04 bits per heavy atom. The fraction of sp³-hybridized carbons (Fsp3) is 0. The molecule has 2 heterocycles. The molecule has 2 aromatic heterocycles. The number of aromatic nitrogens is 2. The van der Waals surface area contributed by atoms with Gasteiger partial charge in [-0.1, -0.05) is 127 Å². The van der Waals surface area contributed by atoms with Gasteiger partial charge >= 0.3 is 0 Å². The number of nitrogens with zero attached hydrogens (tertiary/aromatic N) is 2. The van der Waals surface area contributed by atoms with Crippen molar-refractivity contribution in [2.45, 2.75) is 0 Å². The van der Waals surface area contributed by atoms with Crippen LogP contribution in [-0.4, -0.2) is 15.0 Å². The van der Waals surface area contributed by atoms with Crippen LogP contribution >= 0.6 is 0 Å². The standard InChI is InChI=1S/C43H30N4/c44-38-20-10-7-19-37(38)43(29-13-3-1-4-14-29)45-47-40-22-12-9-18-34(40)36-26-24-31(28-42(36)47)30-23-25-35-33-17-8-11-21-39(33)46(41(35)27-30)32-15-5-2-6-16-32/h1-28,44-45H/b43-37-,44-38?. The molecule has 0 aliphatic heterocycles. The molecular weight excluding hydrogens is 573 g/mol. The summed E-state index contributed by atoms with van der Waals surface area (Å²) in [6.45, 7) is 0. The largest absolute Gasteiger partial charge is 0.309 e. The number of rotatable bonds is 5. The van der Waals surface area contributed by atoms with Crippen LogP contribution in [0.25, 0.3) is 66.1 Å². The van der Waals surface area contributed by atoms with Crippen molar-refractivity contribution in [2.75, 3.05) is 5.43 Å². The fourth-order valence-corrected chi connectivity index (χ4v) is 6.97. The normalized spacial score (nSPS) is 14.1. The van der Waals surface area contributed by atoms with Gasteiger partial charge in [0.1, 0.15) is 0 Å². The lowest BCUT2D eigenvalue weighted by atomic mass is 9.99. The summed E-state index contributed by atoms with van der Waals surface area (Å²) < 4.78 is 4.55. The van der Waals surface area contributed by atoms with Crippen LogP contribution in [0.2, 0.25) is 0 Å². The molecule has 1 aliphatic rings. The Labute approximate surface area is 272 Å². The van der Waals surface area contributed by atoms with E-state index in [0.717, 1.165) is 44.7 Å². The van der Waals surface area contributed by atoms with Crippen LogP contribution < -0.4 is 5.43 Å². The summed E-state index contributed by atoms with van der Waals surface area (Å²) >= 11 is 0. The van der Waals surface area contributed by atoms with E-state index >= 15 is 0 Å². The molecule has 222 valence electrons. The first-order valence-corrected chi connectivity index (χ1v) is 15.9. The Morgan fingerprint density at radius 1 is 0.489 bits per heavy atom. The van der Waals surface area contributed by atoms with Crippen LogP contribution in [0.4, 0.5) is 0 Å². The topological polar surface area (TPSA) is 45.7 Å². The first-order chi connectivity index (χ1) is 23.2. The maximum atomic E-state index is 8.77. The van der Waals surface area contributed by atoms with E-state index < -0.39 is 0 Å². The van der Waals surface area contributed by atoms with Crippen molar-refractivity contribution in [3.63, 3.8) is 0 Å². The molecule has 0 amide bonds. The van der Waals surface area contributed by atoms with E-state index in [9.17, 15) is 0 Å². The molecule has 1 aliphatic carbocycles. The molecule has 47 heavy (non-hydrogen) atoms. The smallest absolute Gasteiger partial charge is 0.0716 e. The van der Waals surface area contributed by atoms with Gasteiger partial charge in [0.05, 0.1) is 33.5 Å². The lowest BCUT2D eigenvalue weighted by Crippen LogP contribution is -2.17. The monoisotopic (exact) mass is 602 g/mol. The predicted molar refractivity (Wildman–Crippen MR) is 198 cm³/mol. The Kier molecular flexibility index (Phi) is 6.25. The molecule has 9 rings (SSSR count). The summed E-state index contributed by atoms with van der Waals surface area (Å²) in [6, 6.07) is 51.6. The van der Waals surface area contributed by atoms with E-state index in [4.69, 9.17) is 5.41 Å². The van der Waals surface area contributed by atoms with Crippen molar-refractivity contribution in [2.24, 2.45) is 0 Å². The Bertz CT molecular complexity index is 2600. The highest BCUT2D eigenvalue weighted by Gasteiger charge is 2.18. The highest BCUT2D eigenvalue weighted by atomic mass is 15.4. The van der Waals surface area contributed by atoms with Crippen molar-refractivity contribution in [1.29, 1.82) is 5.41 Å². The fourth-order valence-electron chi connectivity index (χ4n) is 6.97. The highest BCUT2D eigenvalue weighted by Crippen LogP contribution is 2.37. The van der Waals surface area contributed by atoms with Gasteiger partial charge in [-0.2, -0.15) is 0 Å². The maximum Gasteiger partial charge on any atom is 0.0716 e. The average Bonchev–Trinajstić information content (AvgIpc) is 3.63. The molecule has 4 nitrogen and oxygen atoms in total. The first kappa shape index (κ1) is 27.0. The van der Waals surface area contributed by atoms with Crippen LogP contribution in [0.5, 0.6) is 0 Å². The number of fused-ring (bicyclic) bond motifs is 6. The van der Waals surface area contributed by atoms with Gasteiger partial charge in [-0.25, -0.2) is 0 Å². The van der Waals surface area contributed by atoms with Gasteiger partial charge in [0, 0.05) is 38.4 Å². The lowest BCUT2D eigenvalue weighted by molar-refractivity contribution is 1.06. The summed E-state index contributed by atoms with van der Waals surface area (Å²) in [7, 11) is 0. The zero-order valence-electron chi connectivity index (χ0n) is 25.6. The van der Waals surface area contributed by atoms with Gasteiger partial charge in [-0.15, -0.1) is 0 Å². The molecule has 4 heteroatoms. The van der Waals surface area contributed by atoms with E-state index in [0.29, 0.717) is 5.71 Å². The minimum absolute atomic E-state index is 0.474. The van der Waals surface area contributed by atoms with Gasteiger partial charge < -0.3 is 9.98 Å². The minimum Gasteiger partial charge on any atom is -0.309 e. The number of hydrogen-bond acceptors (Lipinski definition) is 2. The van der Waals surface area contributed by atoms with E-state index in [1.165, 1.54) is 32.6 Å². The summed E-state index contributed by atoms with van der Waals surface area (Å²) in [5.74, 6) is 0. The quantitative estimate of drug-likeness (QED) is 0.202. The van der Waals surface area contributed by atoms with Crippen LogP contribution in [-0.2, 0) is 0 Å². The predicted octanol–water partition coefficient (Wildman–Crippen LogP) is 10.7. The van der Waals surface area contributed by atoms with Crippen molar-refractivity contribution in [3.05, 3.63) is 181 Å². The highest BCUT2D eigenvalue weighted by molar-refractivity contribution is 6.16. The lowest BCUT2D eigenvalue weighted by Gasteiger charge is -2.19. The molecule has 0 bridgehead atoms. The third-order valence-corrected chi connectivity index (χ3v) is 9.18. The maximum absolute atomic E-state index is 8.77. The van der Waals surface area contributed by atoms with Gasteiger partial charge in [0.25, 0.3) is 0 Å². The molecule has 0 unspecified atom stereocenters. The summed E-state index contributed by atoms with van der Waals surface area (Å²) in [4.78, 5) is 0. The minimum atomic E-state index is 0.474. The SMILES string of the molecule is N=C1C=CC=C/C1=C(/Nn1c2ccccc2c2ccc(-c3ccc4c5ccccc5n(-c5ccccc5)c4c3)cc21)c1ccccc1. The van der Waals surface area contributed by atoms with Crippen molar-refractivity contribution < 1.29 is 0 Å². The van der Waals surface area contributed by atoms with Crippen molar-refractivity contribution in [3.8, 4) is 16.8 Å². The second kappa shape index (κ2) is 10.9. The zero-order valence-corrected chi connectivity index (χ0v) is 25.6.